The van der Waals surface area contributed by atoms with Crippen LogP contribution < -0.4 is 14.8 Å². The van der Waals surface area contributed by atoms with E-state index in [0.29, 0.717) is 23.5 Å². The monoisotopic (exact) mass is 529 g/mol. The Morgan fingerprint density at radius 1 is 1.21 bits per heavy atom. The van der Waals surface area contributed by atoms with Crippen LogP contribution in [-0.2, 0) is 25.7 Å². The number of terminal acetylenes is 1. The number of carbonyl (C=O) groups excluding carboxylic acids is 3. The molecular weight excluding hydrogens is 490 g/mol. The third-order valence-electron chi connectivity index (χ3n) is 5.31. The summed E-state index contributed by atoms with van der Waals surface area (Å²) in [5.74, 6) is 1.99. The third-order valence-corrected chi connectivity index (χ3v) is 5.31. The van der Waals surface area contributed by atoms with E-state index in [1.165, 1.54) is 19.1 Å². The normalized spacial score (nSPS) is 12.4. The molecule has 0 aromatic heterocycles. The van der Waals surface area contributed by atoms with Crippen LogP contribution in [0.15, 0.2) is 23.3 Å². The predicted octanol–water partition coefficient (Wildman–Crippen LogP) is 4.00. The summed E-state index contributed by atoms with van der Waals surface area (Å²) in [6.07, 6.45) is 5.69. The van der Waals surface area contributed by atoms with E-state index in [0.717, 1.165) is 0 Å². The number of rotatable bonds is 14. The number of amides is 2. The minimum atomic E-state index is -1.11. The van der Waals surface area contributed by atoms with Crippen molar-refractivity contribution >= 4 is 17.8 Å². The van der Waals surface area contributed by atoms with Crippen LogP contribution in [0.2, 0.25) is 0 Å². The molecule has 2 amide bonds. The van der Waals surface area contributed by atoms with Gasteiger partial charge in [0.25, 0.3) is 0 Å². The van der Waals surface area contributed by atoms with Crippen molar-refractivity contribution in [3.63, 3.8) is 0 Å². The first-order valence-corrected chi connectivity index (χ1v) is 12.3. The van der Waals surface area contributed by atoms with Crippen molar-refractivity contribution in [2.24, 2.45) is 11.0 Å². The molecule has 0 unspecified atom stereocenters. The maximum absolute atomic E-state index is 13.7. The van der Waals surface area contributed by atoms with Gasteiger partial charge in [0, 0.05) is 23.0 Å². The first kappa shape index (κ1) is 32.1. The second-order valence-electron chi connectivity index (χ2n) is 10.1. The maximum Gasteiger partial charge on any atom is 0.306 e. The Hall–Kier alpha value is -3.90. The van der Waals surface area contributed by atoms with E-state index in [1.807, 2.05) is 13.8 Å². The fraction of sp³-hybridized carbons (Fsp3) is 0.593. The minimum Gasteiger partial charge on any atom is -0.497 e. The molecule has 0 aliphatic heterocycles. The molecule has 0 saturated carbocycles. The van der Waals surface area contributed by atoms with Crippen LogP contribution in [0.1, 0.15) is 59.4 Å². The molecule has 1 N–H and O–H groups in total. The molecule has 208 valence electrons. The van der Waals surface area contributed by atoms with Crippen molar-refractivity contribution in [3.8, 4) is 23.8 Å². The molecule has 0 fully saturated rings. The lowest BCUT2D eigenvalue weighted by atomic mass is 10.0. The highest BCUT2D eigenvalue weighted by Gasteiger charge is 2.30. The largest absolute Gasteiger partial charge is 0.497 e. The Morgan fingerprint density at radius 2 is 1.89 bits per heavy atom. The van der Waals surface area contributed by atoms with Gasteiger partial charge in [-0.2, -0.15) is 0 Å². The van der Waals surface area contributed by atoms with Crippen LogP contribution in [0.5, 0.6) is 11.5 Å². The maximum atomic E-state index is 13.7. The Balaban J connectivity index is 3.28. The molecule has 38 heavy (non-hydrogen) atoms. The van der Waals surface area contributed by atoms with Gasteiger partial charge in [-0.15, -0.1) is 6.42 Å². The Kier molecular flexibility index (Phi) is 13.0. The summed E-state index contributed by atoms with van der Waals surface area (Å²) in [6.45, 7) is 9.01. The molecule has 11 nitrogen and oxygen atoms in total. The quantitative estimate of drug-likeness (QED) is 0.127. The van der Waals surface area contributed by atoms with Gasteiger partial charge in [-0.1, -0.05) is 24.9 Å². The number of hydrogen-bond donors (Lipinski definition) is 1. The lowest BCUT2D eigenvalue weighted by molar-refractivity contribution is -0.155. The highest BCUT2D eigenvalue weighted by atomic mass is 16.6. The van der Waals surface area contributed by atoms with Gasteiger partial charge >= 0.3 is 5.97 Å². The molecule has 0 heterocycles. The summed E-state index contributed by atoms with van der Waals surface area (Å²) in [5, 5.41) is 6.27. The molecule has 0 aliphatic carbocycles. The van der Waals surface area contributed by atoms with E-state index < -0.39 is 35.5 Å². The number of nitrogens with one attached hydrogen (secondary N) is 1. The lowest BCUT2D eigenvalue weighted by Crippen LogP contribution is -2.51. The van der Waals surface area contributed by atoms with Crippen LogP contribution in [0.3, 0.4) is 0 Å². The molecule has 11 heteroatoms. The summed E-state index contributed by atoms with van der Waals surface area (Å²) in [7, 11) is 3.03. The molecule has 2 atom stereocenters. The first-order valence-electron chi connectivity index (χ1n) is 12.3. The van der Waals surface area contributed by atoms with Crippen LogP contribution in [0.25, 0.3) is 10.4 Å². The third kappa shape index (κ3) is 11.0. The molecular formula is C27H39N5O6. The van der Waals surface area contributed by atoms with Gasteiger partial charge in [-0.25, -0.2) is 0 Å². The zero-order chi connectivity index (χ0) is 28.9. The summed E-state index contributed by atoms with van der Waals surface area (Å²) in [6, 6.07) is 3.04. The number of carbonyl (C=O) groups is 3. The smallest absolute Gasteiger partial charge is 0.306 e. The van der Waals surface area contributed by atoms with Gasteiger partial charge in [0.15, 0.2) is 0 Å². The van der Waals surface area contributed by atoms with Gasteiger partial charge in [0.05, 0.1) is 27.3 Å². The zero-order valence-electron chi connectivity index (χ0n) is 23.3. The van der Waals surface area contributed by atoms with E-state index in [4.69, 9.17) is 26.2 Å². The van der Waals surface area contributed by atoms with E-state index in [-0.39, 0.29) is 31.8 Å². The molecule has 1 aromatic carbocycles. The van der Waals surface area contributed by atoms with Crippen molar-refractivity contribution in [2.45, 2.75) is 78.1 Å². The molecule has 0 spiro atoms. The zero-order valence-corrected chi connectivity index (χ0v) is 23.3. The standard InChI is InChI=1S/C27H39N5O6/c1-9-14-32(17-19-10-11-20(36-7)16-23(19)37-8)26(35)21(12-13-24(33)38-27(4,5)6)29-25(34)22(30-31-28)15-18(2)3/h1,10-11,16,18,21-22H,12-15,17H2,2-8H3,(H,29,34)/t21-,22+/m0/s1. The molecule has 1 rings (SSSR count). The van der Waals surface area contributed by atoms with Crippen molar-refractivity contribution in [1.82, 2.24) is 10.2 Å². The molecule has 0 radical (unpaired) electrons. The SMILES string of the molecule is C#CCN(Cc1ccc(OC)cc1OC)C(=O)[C@H](CCC(=O)OC(C)(C)C)NC(=O)[C@@H](CC(C)C)N=[N+]=[N-]. The van der Waals surface area contributed by atoms with Crippen molar-refractivity contribution in [1.29, 1.82) is 0 Å². The van der Waals surface area contributed by atoms with Crippen molar-refractivity contribution in [2.75, 3.05) is 20.8 Å². The van der Waals surface area contributed by atoms with Crippen LogP contribution in [-0.4, -0.2) is 61.1 Å². The fourth-order valence-corrected chi connectivity index (χ4v) is 3.63. The number of esters is 1. The number of hydrogen-bond acceptors (Lipinski definition) is 7. The Labute approximate surface area is 224 Å². The average Bonchev–Trinajstić information content (AvgIpc) is 2.84. The first-order chi connectivity index (χ1) is 17.8. The van der Waals surface area contributed by atoms with Gasteiger partial charge in [-0.3, -0.25) is 14.4 Å². The second kappa shape index (κ2) is 15.4. The molecule has 0 aliphatic rings. The number of azide groups is 1. The summed E-state index contributed by atoms with van der Waals surface area (Å²) in [5.41, 5.74) is 8.90. The number of ether oxygens (including phenoxy) is 3. The summed E-state index contributed by atoms with van der Waals surface area (Å²) >= 11 is 0. The molecule has 0 bridgehead atoms. The number of methoxy groups -OCH3 is 2. The second-order valence-corrected chi connectivity index (χ2v) is 10.1. The Bertz CT molecular complexity index is 1050. The number of benzene rings is 1. The highest BCUT2D eigenvalue weighted by Crippen LogP contribution is 2.26. The van der Waals surface area contributed by atoms with Crippen LogP contribution in [0.4, 0.5) is 0 Å². The number of nitrogens with zero attached hydrogens (tertiary/aromatic N) is 4. The van der Waals surface area contributed by atoms with Crippen LogP contribution >= 0.6 is 0 Å². The van der Waals surface area contributed by atoms with Crippen molar-refractivity contribution in [3.05, 3.63) is 34.2 Å². The van der Waals surface area contributed by atoms with E-state index in [2.05, 4.69) is 21.3 Å². The van der Waals surface area contributed by atoms with Crippen molar-refractivity contribution < 1.29 is 28.6 Å². The minimum absolute atomic E-state index is 0.0367. The summed E-state index contributed by atoms with van der Waals surface area (Å²) in [4.78, 5) is 43.3. The van der Waals surface area contributed by atoms with Gasteiger partial charge in [0.2, 0.25) is 11.8 Å². The van der Waals surface area contributed by atoms with E-state index in [1.54, 1.807) is 39.0 Å². The fourth-order valence-electron chi connectivity index (χ4n) is 3.63. The molecule has 0 saturated heterocycles. The summed E-state index contributed by atoms with van der Waals surface area (Å²) < 4.78 is 16.0. The predicted molar refractivity (Wildman–Crippen MR) is 143 cm³/mol. The van der Waals surface area contributed by atoms with E-state index in [9.17, 15) is 14.4 Å². The topological polar surface area (TPSA) is 143 Å². The van der Waals surface area contributed by atoms with Gasteiger partial charge < -0.3 is 24.4 Å². The highest BCUT2D eigenvalue weighted by molar-refractivity contribution is 5.90. The van der Waals surface area contributed by atoms with E-state index >= 15 is 0 Å². The van der Waals surface area contributed by atoms with Gasteiger partial charge in [0.1, 0.15) is 29.2 Å². The van der Waals surface area contributed by atoms with Crippen LogP contribution in [0, 0.1) is 18.3 Å². The average molecular weight is 530 g/mol. The Morgan fingerprint density at radius 3 is 2.42 bits per heavy atom. The molecule has 1 aromatic rings. The van der Waals surface area contributed by atoms with Gasteiger partial charge in [-0.05, 0) is 57.2 Å². The lowest BCUT2D eigenvalue weighted by Gasteiger charge is -2.28.